The van der Waals surface area contributed by atoms with E-state index >= 15 is 0 Å². The number of benzene rings is 4. The number of nitrogens with one attached hydrogen (secondary N) is 3. The maximum Gasteiger partial charge on any atom is 0.397 e. The first-order valence-corrected chi connectivity index (χ1v) is 23.3. The van der Waals surface area contributed by atoms with Crippen LogP contribution in [0, 0.1) is 0 Å². The van der Waals surface area contributed by atoms with Gasteiger partial charge in [-0.15, -0.1) is 10.2 Å². The number of carbonyl (C=O) groups is 1. The molecule has 1 heterocycles. The lowest BCUT2D eigenvalue weighted by molar-refractivity contribution is -0.114. The molecule has 8 N–H and O–H groups in total. The molecule has 1 aromatic heterocycles. The highest BCUT2D eigenvalue weighted by Crippen LogP contribution is 2.45. The summed E-state index contributed by atoms with van der Waals surface area (Å²) in [6.07, 6.45) is 0. The van der Waals surface area contributed by atoms with Crippen LogP contribution >= 0.6 is 11.6 Å². The van der Waals surface area contributed by atoms with Gasteiger partial charge in [-0.3, -0.25) is 23.0 Å². The lowest BCUT2D eigenvalue weighted by Crippen LogP contribution is -2.15. The minimum Gasteiger partial charge on any atom is -0.505 e. The van der Waals surface area contributed by atoms with Gasteiger partial charge in [0.2, 0.25) is 23.1 Å². The highest BCUT2D eigenvalue weighted by Gasteiger charge is 2.27. The standard InChI is InChI=1S/C29H25ClN8O17S5/c1-14(39)31-21-13-19(57(43,44)45)9-15-10-23(59(49,50)51)25(26(40)24(15)21)38-37-20-12-17(5-6-22(20)58(46,47)48)33-29-35-27(30)34-28(36-29)32-16-3-2-4-18(11-16)56(41,42)8-7-55-60(52,53)54/h2-6,9-13,40H,7-8H2,1H3,(H,31,39)(H,43,44,45)(H,46,47,48)(H,49,50,51)(H,52,53,54)(H2,32,33,34,35,36). The Bertz CT molecular complexity index is 3190. The number of carbonyl (C=O) groups excluding carboxylic acids is 1. The molecule has 320 valence electrons. The van der Waals surface area contributed by atoms with Crippen LogP contribution in [0.15, 0.2) is 90.5 Å². The predicted octanol–water partition coefficient (Wildman–Crippen LogP) is 3.58. The predicted molar refractivity (Wildman–Crippen MR) is 207 cm³/mol. The summed E-state index contributed by atoms with van der Waals surface area (Å²) >= 11 is 6.07. The van der Waals surface area contributed by atoms with Gasteiger partial charge in [0, 0.05) is 23.7 Å². The number of hydrogen-bond donors (Lipinski definition) is 8. The molecular weight excluding hydrogens is 928 g/mol. The van der Waals surface area contributed by atoms with Gasteiger partial charge in [0.05, 0.1) is 27.8 Å². The Kier molecular flexibility index (Phi) is 12.8. The largest absolute Gasteiger partial charge is 0.505 e. The van der Waals surface area contributed by atoms with Crippen molar-refractivity contribution in [1.29, 1.82) is 0 Å². The highest BCUT2D eigenvalue weighted by atomic mass is 35.5. The third-order valence-corrected chi connectivity index (χ3v) is 12.3. The van der Waals surface area contributed by atoms with E-state index < -0.39 is 122 Å². The Morgan fingerprint density at radius 2 is 1.35 bits per heavy atom. The molecule has 0 aliphatic carbocycles. The smallest absolute Gasteiger partial charge is 0.397 e. The van der Waals surface area contributed by atoms with Crippen LogP contribution in [0.4, 0.5) is 40.3 Å². The zero-order chi connectivity index (χ0) is 44.6. The average Bonchev–Trinajstić information content (AvgIpc) is 3.08. The van der Waals surface area contributed by atoms with Gasteiger partial charge >= 0.3 is 10.4 Å². The normalized spacial score (nSPS) is 12.8. The minimum atomic E-state index is -5.37. The summed E-state index contributed by atoms with van der Waals surface area (Å²) in [4.78, 5) is 20.5. The number of fused-ring (bicyclic) bond motifs is 1. The van der Waals surface area contributed by atoms with E-state index in [1.807, 2.05) is 0 Å². The second kappa shape index (κ2) is 16.8. The third kappa shape index (κ3) is 11.4. The summed E-state index contributed by atoms with van der Waals surface area (Å²) in [5.74, 6) is -3.43. The van der Waals surface area contributed by atoms with Crippen molar-refractivity contribution in [2.24, 2.45) is 10.2 Å². The lowest BCUT2D eigenvalue weighted by Gasteiger charge is -2.14. The van der Waals surface area contributed by atoms with Gasteiger partial charge < -0.3 is 21.1 Å². The number of sulfone groups is 1. The molecule has 0 bridgehead atoms. The van der Waals surface area contributed by atoms with Gasteiger partial charge in [-0.25, -0.2) is 12.6 Å². The van der Waals surface area contributed by atoms with E-state index in [9.17, 15) is 65.6 Å². The van der Waals surface area contributed by atoms with Crippen molar-refractivity contribution in [3.05, 3.63) is 65.9 Å². The maximum atomic E-state index is 12.7. The topological polar surface area (TPSA) is 398 Å². The fourth-order valence-corrected chi connectivity index (χ4v) is 8.53. The van der Waals surface area contributed by atoms with Crippen LogP contribution in [0.5, 0.6) is 5.75 Å². The molecule has 5 rings (SSSR count). The summed E-state index contributed by atoms with van der Waals surface area (Å²) in [5.41, 5.74) is -2.35. The van der Waals surface area contributed by atoms with Gasteiger partial charge in [-0.2, -0.15) is 48.6 Å². The van der Waals surface area contributed by atoms with E-state index in [2.05, 4.69) is 45.3 Å². The Morgan fingerprint density at radius 1 is 0.733 bits per heavy atom. The van der Waals surface area contributed by atoms with Crippen LogP contribution in [0.25, 0.3) is 10.8 Å². The zero-order valence-electron chi connectivity index (χ0n) is 29.5. The molecule has 0 radical (unpaired) electrons. The molecule has 5 aromatic rings. The second-order valence-electron chi connectivity index (χ2n) is 11.7. The number of anilines is 5. The monoisotopic (exact) mass is 952 g/mol. The molecule has 0 aliphatic rings. The molecule has 25 nitrogen and oxygen atoms in total. The highest BCUT2D eigenvalue weighted by molar-refractivity contribution is 7.91. The van der Waals surface area contributed by atoms with Crippen molar-refractivity contribution in [3.8, 4) is 5.75 Å². The van der Waals surface area contributed by atoms with Crippen molar-refractivity contribution < 1.29 is 74.4 Å². The summed E-state index contributed by atoms with van der Waals surface area (Å²) in [5, 5.41) is 24.7. The number of nitrogens with zero attached hydrogens (tertiary/aromatic N) is 5. The number of amides is 1. The molecular formula is C29H25ClN8O17S5. The Labute approximate surface area is 343 Å². The number of hydrogen-bond acceptors (Lipinski definition) is 20. The van der Waals surface area contributed by atoms with Gasteiger partial charge in [0.15, 0.2) is 15.6 Å². The van der Waals surface area contributed by atoms with Crippen LogP contribution < -0.4 is 16.0 Å². The fraction of sp³-hybridized carbons (Fsp3) is 0.103. The second-order valence-corrected chi connectivity index (χ2v) is 19.5. The summed E-state index contributed by atoms with van der Waals surface area (Å²) in [7, 11) is -24.5. The first-order chi connectivity index (χ1) is 27.6. The molecule has 0 fully saturated rings. The molecule has 0 aliphatic heterocycles. The molecule has 0 unspecified atom stereocenters. The van der Waals surface area contributed by atoms with E-state index in [4.69, 9.17) is 16.2 Å². The van der Waals surface area contributed by atoms with E-state index in [1.165, 1.54) is 18.2 Å². The lowest BCUT2D eigenvalue weighted by atomic mass is 10.1. The average molecular weight is 953 g/mol. The Balaban J connectivity index is 1.53. The van der Waals surface area contributed by atoms with E-state index in [0.717, 1.165) is 31.2 Å². The van der Waals surface area contributed by atoms with Crippen molar-refractivity contribution in [3.63, 3.8) is 0 Å². The number of aromatic nitrogens is 3. The van der Waals surface area contributed by atoms with Gasteiger partial charge in [-0.05, 0) is 71.6 Å². The van der Waals surface area contributed by atoms with Crippen LogP contribution in [-0.4, -0.2) is 98.6 Å². The van der Waals surface area contributed by atoms with E-state index in [1.54, 1.807) is 0 Å². The van der Waals surface area contributed by atoms with Crippen LogP contribution in [0.2, 0.25) is 5.28 Å². The molecule has 0 saturated carbocycles. The molecule has 1 amide bonds. The quantitative estimate of drug-likeness (QED) is 0.0549. The van der Waals surface area contributed by atoms with Crippen LogP contribution in [0.1, 0.15) is 6.92 Å². The summed E-state index contributed by atoms with van der Waals surface area (Å²) in [6, 6.07) is 9.80. The van der Waals surface area contributed by atoms with E-state index in [0.29, 0.717) is 18.2 Å². The number of phenols is 1. The van der Waals surface area contributed by atoms with E-state index in [-0.39, 0.29) is 28.2 Å². The first-order valence-electron chi connectivity index (χ1n) is 15.6. The summed E-state index contributed by atoms with van der Waals surface area (Å²) in [6.45, 7) is 0.108. The van der Waals surface area contributed by atoms with Crippen LogP contribution in [-0.2, 0) is 59.6 Å². The number of rotatable bonds is 15. The number of aromatic hydroxyl groups is 1. The van der Waals surface area contributed by atoms with Gasteiger partial charge in [0.25, 0.3) is 30.4 Å². The number of phenolic OH excluding ortho intramolecular Hbond substituents is 1. The first kappa shape index (κ1) is 45.5. The maximum absolute atomic E-state index is 12.7. The molecule has 0 spiro atoms. The Morgan fingerprint density at radius 3 is 1.92 bits per heavy atom. The van der Waals surface area contributed by atoms with Crippen LogP contribution in [0.3, 0.4) is 0 Å². The number of azo groups is 1. The molecule has 0 saturated heterocycles. The van der Waals surface area contributed by atoms with Crippen molar-refractivity contribution >= 4 is 119 Å². The molecule has 31 heteroatoms. The zero-order valence-corrected chi connectivity index (χ0v) is 34.3. The van der Waals surface area contributed by atoms with Gasteiger partial charge in [-0.1, -0.05) is 6.07 Å². The molecule has 0 atom stereocenters. The number of halogens is 1. The fourth-order valence-electron chi connectivity index (χ4n) is 5.04. The SMILES string of the molecule is CC(=O)Nc1cc(S(=O)(=O)O)cc2cc(S(=O)(=O)O)c(N=Nc3cc(Nc4nc(Cl)nc(Nc5cccc(S(=O)(=O)CCOS(=O)(=O)O)c5)n4)ccc3S(=O)(=O)O)c(O)c12. The third-order valence-electron chi connectivity index (χ3n) is 7.40. The van der Waals surface area contributed by atoms with Crippen molar-refractivity contribution in [2.45, 2.75) is 26.5 Å². The van der Waals surface area contributed by atoms with Gasteiger partial charge in [0.1, 0.15) is 21.2 Å². The minimum absolute atomic E-state index is 0.0736. The van der Waals surface area contributed by atoms with Crippen molar-refractivity contribution in [2.75, 3.05) is 28.3 Å². The van der Waals surface area contributed by atoms with Crippen molar-refractivity contribution in [1.82, 2.24) is 15.0 Å². The molecule has 60 heavy (non-hydrogen) atoms. The Hall–Kier alpha value is -5.54. The summed E-state index contributed by atoms with van der Waals surface area (Å²) < 4.78 is 163. The molecule has 4 aromatic carbocycles.